The number of ether oxygens (including phenoxy) is 3. The molecule has 51 heavy (non-hydrogen) atoms. The molecule has 17 heteroatoms. The molecule has 0 unspecified atom stereocenters. The van der Waals surface area contributed by atoms with Gasteiger partial charge in [0.25, 0.3) is 0 Å². The van der Waals surface area contributed by atoms with Crippen LogP contribution in [0.15, 0.2) is 0 Å². The number of imide groups is 1. The molecule has 296 valence electrons. The number of Topliss-reactive ketones (excluding diaryl/α,β-unsaturated/α-hetero) is 1. The van der Waals surface area contributed by atoms with Gasteiger partial charge in [0.15, 0.2) is 0 Å². The first kappa shape index (κ1) is 58.7. The molecule has 0 spiro atoms. The number of carbonyl (C=O) groups is 4. The Balaban J connectivity index is -0.000000190. The average molecular weight is 766 g/mol. The molecule has 0 saturated carbocycles. The average Bonchev–Trinajstić information content (AvgIpc) is 3.68. The van der Waals surface area contributed by atoms with Crippen molar-refractivity contribution in [3.05, 3.63) is 6.92 Å². The third-order valence-corrected chi connectivity index (χ3v) is 7.78. The number of likely N-dealkylation sites (tertiary alicyclic amines) is 1. The Hall–Kier alpha value is -1.60. The molecule has 2 aliphatic rings. The van der Waals surface area contributed by atoms with Gasteiger partial charge in [0, 0.05) is 32.1 Å². The summed E-state index contributed by atoms with van der Waals surface area (Å²) >= 11 is 0. The second kappa shape index (κ2) is 34.2. The Bertz CT molecular complexity index is 1040. The Labute approximate surface area is 319 Å². The van der Waals surface area contributed by atoms with E-state index in [0.29, 0.717) is 12.8 Å². The maximum absolute atomic E-state index is 12.1. The summed E-state index contributed by atoms with van der Waals surface area (Å²) in [5, 5.41) is 0. The van der Waals surface area contributed by atoms with E-state index in [0.717, 1.165) is 26.1 Å². The smallest absolute Gasteiger partial charge is 0.469 e. The quantitative estimate of drug-likeness (QED) is 0.125. The number of ketones is 1. The van der Waals surface area contributed by atoms with Crippen LogP contribution in [0.1, 0.15) is 107 Å². The van der Waals surface area contributed by atoms with Crippen molar-refractivity contribution in [3.8, 4) is 0 Å². The molecular weight excluding hydrogens is 699 g/mol. The first-order valence-electron chi connectivity index (χ1n) is 16.9. The van der Waals surface area contributed by atoms with Crippen molar-refractivity contribution in [2.45, 2.75) is 118 Å². The molecule has 2 fully saturated rings. The van der Waals surface area contributed by atoms with Crippen LogP contribution in [0.3, 0.4) is 0 Å². The zero-order valence-electron chi connectivity index (χ0n) is 33.7. The van der Waals surface area contributed by atoms with Crippen molar-refractivity contribution >= 4 is 44.6 Å². The fourth-order valence-corrected chi connectivity index (χ4v) is 5.08. The molecule has 0 N–H and O–H groups in total. The van der Waals surface area contributed by atoms with Gasteiger partial charge in [-0.25, -0.2) is 9.69 Å². The fourth-order valence-electron chi connectivity index (χ4n) is 3.44. The van der Waals surface area contributed by atoms with Gasteiger partial charge in [0.2, 0.25) is 5.91 Å². The summed E-state index contributed by atoms with van der Waals surface area (Å²) in [6.07, 6.45) is 6.01. The van der Waals surface area contributed by atoms with Gasteiger partial charge >= 0.3 is 44.7 Å². The summed E-state index contributed by atoms with van der Waals surface area (Å²) in [6.45, 7) is 25.7. The Morgan fingerprint density at radius 3 is 1.73 bits per heavy atom. The normalized spacial score (nSPS) is 15.4. The summed E-state index contributed by atoms with van der Waals surface area (Å²) in [5.74, 6) is -1.08. The first-order chi connectivity index (χ1) is 23.0. The number of hydrogen-bond donors (Lipinski definition) is 0. The number of esters is 1. The second-order valence-electron chi connectivity index (χ2n) is 12.9. The van der Waals surface area contributed by atoms with Crippen LogP contribution in [0.2, 0.25) is 0 Å². The van der Waals surface area contributed by atoms with Crippen LogP contribution in [0.25, 0.3) is 0 Å². The molecule has 2 saturated heterocycles. The molecule has 2 amide bonds. The van der Waals surface area contributed by atoms with E-state index >= 15 is 0 Å². The molecule has 2 heterocycles. The predicted octanol–water partition coefficient (Wildman–Crippen LogP) is 4.42. The number of methoxy groups -OCH3 is 1. The molecule has 0 radical (unpaired) electrons. The third kappa shape index (κ3) is 41.0. The van der Waals surface area contributed by atoms with Gasteiger partial charge in [-0.3, -0.25) is 18.9 Å². The molecule has 2 rings (SSSR count). The van der Waals surface area contributed by atoms with Crippen LogP contribution in [-0.2, 0) is 56.4 Å². The van der Waals surface area contributed by atoms with E-state index in [2.05, 4.69) is 18.6 Å². The standard InChI is InChI=1S/C12H23O6P.C10H17NO3.C4H8O.C4H9.C3H9OP.CO2.Li/c1-5-17-19(15,18-6-2)9-11(13)8-7-10(3)12(14)16-4;1-7-5-6-8(12)11(7)9(13)14-10(2,3)4;1-2-4-5-3-1;1-3-4-2;1-5(2,3)4;2-1-3;/h10H,5-9H2,1-4H3;7H,5-6H2,1-4H3;1-4H2;1,3-4H2,2H3;1-3H3;;/q;;;-1;;;+1/t10-;7-;;;;;/m01...../s1. The minimum atomic E-state index is -3.33. The monoisotopic (exact) mass is 765 g/mol. The van der Waals surface area contributed by atoms with Gasteiger partial charge in [-0.15, -0.1) is 0 Å². The molecule has 0 aromatic rings. The van der Waals surface area contributed by atoms with E-state index in [-0.39, 0.29) is 80.4 Å². The predicted molar refractivity (Wildman–Crippen MR) is 194 cm³/mol. The van der Waals surface area contributed by atoms with E-state index in [1.807, 2.05) is 6.92 Å². The van der Waals surface area contributed by atoms with Crippen LogP contribution in [0.5, 0.6) is 0 Å². The molecule has 0 aromatic carbocycles. The fraction of sp³-hybridized carbons (Fsp3) is 0.824. The van der Waals surface area contributed by atoms with E-state index in [4.69, 9.17) is 28.1 Å². The number of carbonyl (C=O) groups excluding carboxylic acids is 6. The van der Waals surface area contributed by atoms with E-state index in [9.17, 15) is 28.3 Å². The largest absolute Gasteiger partial charge is 1.00 e. The van der Waals surface area contributed by atoms with Gasteiger partial charge < -0.3 is 34.7 Å². The van der Waals surface area contributed by atoms with Crippen molar-refractivity contribution in [2.75, 3.05) is 59.7 Å². The van der Waals surface area contributed by atoms with E-state index in [1.54, 1.807) is 61.5 Å². The molecule has 2 aliphatic heterocycles. The third-order valence-electron chi connectivity index (χ3n) is 5.74. The van der Waals surface area contributed by atoms with Gasteiger partial charge in [0.05, 0.1) is 33.4 Å². The molecule has 0 aromatic heterocycles. The number of rotatable bonds is 11. The van der Waals surface area contributed by atoms with Crippen LogP contribution in [0.4, 0.5) is 4.79 Å². The zero-order valence-corrected chi connectivity index (χ0v) is 35.5. The van der Waals surface area contributed by atoms with Crippen LogP contribution in [0, 0.1) is 12.8 Å². The van der Waals surface area contributed by atoms with Crippen molar-refractivity contribution in [3.63, 3.8) is 0 Å². The summed E-state index contributed by atoms with van der Waals surface area (Å²) in [4.78, 5) is 63.3. The van der Waals surface area contributed by atoms with Gasteiger partial charge in [-0.2, -0.15) is 16.0 Å². The molecule has 0 bridgehead atoms. The maximum Gasteiger partial charge on any atom is 1.00 e. The number of unbranched alkanes of at least 4 members (excludes halogenated alkanes) is 1. The first-order valence-corrected chi connectivity index (χ1v) is 21.7. The van der Waals surface area contributed by atoms with Crippen molar-refractivity contribution in [2.24, 2.45) is 5.92 Å². The van der Waals surface area contributed by atoms with Gasteiger partial charge in [-0.1, -0.05) is 20.3 Å². The van der Waals surface area contributed by atoms with Gasteiger partial charge in [0.1, 0.15) is 17.5 Å². The summed E-state index contributed by atoms with van der Waals surface area (Å²) in [5.41, 5.74) is -0.542. The maximum atomic E-state index is 12.1. The Morgan fingerprint density at radius 1 is 1.02 bits per heavy atom. The number of amides is 2. The number of nitrogens with zero attached hydrogens (tertiary/aromatic N) is 1. The topological polar surface area (TPSA) is 186 Å². The van der Waals surface area contributed by atoms with Crippen molar-refractivity contribution in [1.29, 1.82) is 0 Å². The Kier molecular flexibility index (Phi) is 39.3. The summed E-state index contributed by atoms with van der Waals surface area (Å²) in [7, 11) is -3.67. The molecule has 14 nitrogen and oxygen atoms in total. The molecule has 2 atom stereocenters. The van der Waals surface area contributed by atoms with Crippen molar-refractivity contribution < 1.29 is 80.0 Å². The second-order valence-corrected chi connectivity index (χ2v) is 18.7. The van der Waals surface area contributed by atoms with Crippen LogP contribution >= 0.6 is 14.7 Å². The van der Waals surface area contributed by atoms with E-state index < -0.39 is 26.4 Å². The van der Waals surface area contributed by atoms with Crippen LogP contribution < -0.4 is 18.9 Å². The van der Waals surface area contributed by atoms with Crippen LogP contribution in [-0.4, -0.2) is 106 Å². The SMILES string of the molecule is C1CCOC1.CCOP(=O)(CC(=O)CC[C@H](C)C(=O)OC)OCC.CP(C)(C)=O.C[C@@H]1CCC(=O)N1C(=O)OC(C)(C)C.O=C=O.[CH2-]CCC.[Li+]. The Morgan fingerprint density at radius 2 is 1.45 bits per heavy atom. The minimum Gasteiger partial charge on any atom is -0.469 e. The summed E-state index contributed by atoms with van der Waals surface area (Å²) < 4.78 is 47.0. The summed E-state index contributed by atoms with van der Waals surface area (Å²) in [6, 6.07) is -0.0302. The molecule has 0 aliphatic carbocycles. The minimum absolute atomic E-state index is 0. The van der Waals surface area contributed by atoms with Crippen molar-refractivity contribution in [1.82, 2.24) is 4.90 Å². The van der Waals surface area contributed by atoms with Gasteiger partial charge in [-0.05, 0) is 87.2 Å². The number of hydrogen-bond acceptors (Lipinski definition) is 13. The van der Waals surface area contributed by atoms with E-state index in [1.165, 1.54) is 31.3 Å². The molecular formula is C34H66LiNO13P2. The zero-order chi connectivity index (χ0) is 40.0.